The Labute approximate surface area is 529 Å². The minimum atomic E-state index is -0.893. The molecule has 2 nitrogen and oxygen atoms in total. The Morgan fingerprint density at radius 2 is 0.727 bits per heavy atom. The average molecular weight is 1260 g/mol. The first-order chi connectivity index (χ1) is 43.5. The van der Waals surface area contributed by atoms with E-state index in [0.29, 0.717) is 0 Å². The van der Waals surface area contributed by atoms with Crippen LogP contribution in [0.25, 0.3) is 86.6 Å². The maximum Gasteiger partial charge on any atom is 0.123 e. The second-order valence-electron chi connectivity index (χ2n) is 22.5. The molecule has 88 heavy (non-hydrogen) atoms. The van der Waals surface area contributed by atoms with Gasteiger partial charge in [-0.15, -0.1) is 11.3 Å². The fraction of sp³-hybridized carbons (Fsp3) is 0.0120. The van der Waals surface area contributed by atoms with E-state index < -0.39 is 5.41 Å². The summed E-state index contributed by atoms with van der Waals surface area (Å²) in [6.07, 6.45) is 0. The number of hydrogen-bond acceptors (Lipinski definition) is 3. The van der Waals surface area contributed by atoms with Gasteiger partial charge in [0.1, 0.15) is 5.82 Å². The van der Waals surface area contributed by atoms with Gasteiger partial charge in [-0.05, 0) is 180 Å². The molecule has 0 N–H and O–H groups in total. The van der Waals surface area contributed by atoms with Gasteiger partial charge in [0.15, 0.2) is 0 Å². The number of halogens is 2. The predicted molar refractivity (Wildman–Crippen MR) is 378 cm³/mol. The Kier molecular flexibility index (Phi) is 13.5. The van der Waals surface area contributed by atoms with Crippen LogP contribution in [0.3, 0.4) is 0 Å². The molecule has 15 aromatic rings. The van der Waals surface area contributed by atoms with Crippen LogP contribution in [0.5, 0.6) is 0 Å². The Morgan fingerprint density at radius 3 is 1.25 bits per heavy atom. The van der Waals surface area contributed by atoms with Crippen molar-refractivity contribution in [2.75, 3.05) is 9.80 Å². The predicted octanol–water partition coefficient (Wildman–Crippen LogP) is 23.9. The van der Waals surface area contributed by atoms with E-state index in [1.54, 1.807) is 12.1 Å². The van der Waals surface area contributed by atoms with E-state index in [9.17, 15) is 0 Å². The lowest BCUT2D eigenvalue weighted by Gasteiger charge is -2.36. The molecule has 14 aromatic carbocycles. The molecule has 0 saturated carbocycles. The molecule has 1 aliphatic carbocycles. The number of benzene rings is 14. The maximum atomic E-state index is 15.5. The molecule has 5 heteroatoms. The smallest absolute Gasteiger partial charge is 0.123 e. The molecular weight excluding hydrogens is 1200 g/mol. The summed E-state index contributed by atoms with van der Waals surface area (Å²) in [5.41, 5.74) is 21.1. The number of thiophene rings is 1. The number of rotatable bonds is 12. The highest BCUT2D eigenvalue weighted by molar-refractivity contribution is 14.1. The zero-order chi connectivity index (χ0) is 58.7. The third kappa shape index (κ3) is 8.95. The molecule has 0 aliphatic heterocycles. The van der Waals surface area contributed by atoms with Crippen LogP contribution in [0, 0.1) is 9.39 Å². The van der Waals surface area contributed by atoms with Crippen LogP contribution in [0.1, 0.15) is 22.3 Å². The molecule has 1 aliphatic rings. The number of anilines is 6. The molecule has 0 saturated heterocycles. The highest BCUT2D eigenvalue weighted by Crippen LogP contribution is 2.65. The monoisotopic (exact) mass is 1260 g/mol. The highest BCUT2D eigenvalue weighted by Gasteiger charge is 2.49. The van der Waals surface area contributed by atoms with Crippen molar-refractivity contribution < 1.29 is 4.39 Å². The second-order valence-corrected chi connectivity index (χ2v) is 24.8. The highest BCUT2D eigenvalue weighted by atomic mass is 127. The van der Waals surface area contributed by atoms with Crippen LogP contribution in [0.2, 0.25) is 0 Å². The molecule has 0 fully saturated rings. The van der Waals surface area contributed by atoms with E-state index in [0.717, 1.165) is 110 Å². The van der Waals surface area contributed by atoms with E-state index in [2.05, 4.69) is 336 Å². The van der Waals surface area contributed by atoms with Crippen LogP contribution in [-0.2, 0) is 5.41 Å². The summed E-state index contributed by atoms with van der Waals surface area (Å²) in [5.74, 6) is -0.293. The average Bonchev–Trinajstić information content (AvgIpc) is 1.50. The third-order valence-electron chi connectivity index (χ3n) is 17.6. The quantitative estimate of drug-likeness (QED) is 0.113. The maximum absolute atomic E-state index is 15.5. The molecule has 416 valence electrons. The zero-order valence-corrected chi connectivity index (χ0v) is 50.7. The normalized spacial score (nSPS) is 12.3. The van der Waals surface area contributed by atoms with E-state index >= 15 is 4.39 Å². The SMILES string of the molecule is Fc1ccc(N(c2ccc(-c3ccccc3)cc2-c2ccccc2)c2cc3c(c4ccccc24)-c2c(cc(N(c4ccc(I)cc4)c4ccc(-c5ccccc5)cc4-c4ccccc4)c4c2sc2ccccc24)C3(c2ccccc2)c2ccccc2)cc1. The molecule has 0 amide bonds. The van der Waals surface area contributed by atoms with E-state index in [-0.39, 0.29) is 5.82 Å². The molecule has 16 rings (SSSR count). The van der Waals surface area contributed by atoms with Crippen LogP contribution in [-0.4, -0.2) is 0 Å². The fourth-order valence-corrected chi connectivity index (χ4v) is 15.4. The summed E-state index contributed by atoms with van der Waals surface area (Å²) in [6, 6.07) is 118. The van der Waals surface area contributed by atoms with Gasteiger partial charge in [-0.2, -0.15) is 0 Å². The summed E-state index contributed by atoms with van der Waals surface area (Å²) in [7, 11) is 0. The number of hydrogen-bond donors (Lipinski definition) is 0. The summed E-state index contributed by atoms with van der Waals surface area (Å²) in [6.45, 7) is 0. The molecule has 0 atom stereocenters. The second kappa shape index (κ2) is 22.3. The Balaban J connectivity index is 1.06. The topological polar surface area (TPSA) is 6.48 Å². The van der Waals surface area contributed by atoms with Crippen LogP contribution in [0.15, 0.2) is 328 Å². The van der Waals surface area contributed by atoms with E-state index in [1.165, 1.54) is 36.9 Å². The van der Waals surface area contributed by atoms with Crippen LogP contribution < -0.4 is 9.80 Å². The van der Waals surface area contributed by atoms with Gasteiger partial charge < -0.3 is 9.80 Å². The van der Waals surface area contributed by atoms with Gasteiger partial charge in [0.05, 0.1) is 28.2 Å². The lowest BCUT2D eigenvalue weighted by atomic mass is 9.67. The minimum Gasteiger partial charge on any atom is -0.309 e. The van der Waals surface area contributed by atoms with Gasteiger partial charge in [-0.1, -0.05) is 237 Å². The zero-order valence-electron chi connectivity index (χ0n) is 47.7. The Morgan fingerprint density at radius 1 is 0.318 bits per heavy atom. The van der Waals surface area contributed by atoms with Crippen molar-refractivity contribution in [1.82, 2.24) is 0 Å². The van der Waals surface area contributed by atoms with Gasteiger partial charge in [-0.3, -0.25) is 0 Å². The number of fused-ring (bicyclic) bond motifs is 9. The van der Waals surface area contributed by atoms with E-state index in [1.807, 2.05) is 23.5 Å². The molecule has 0 spiro atoms. The molecule has 1 heterocycles. The fourth-order valence-electron chi connectivity index (χ4n) is 13.8. The number of nitrogens with zero attached hydrogens (tertiary/aromatic N) is 2. The molecular formula is C83H54FIN2S. The summed E-state index contributed by atoms with van der Waals surface area (Å²) >= 11 is 4.32. The Hall–Kier alpha value is -10.2. The van der Waals surface area contributed by atoms with Gasteiger partial charge >= 0.3 is 0 Å². The first-order valence-corrected chi connectivity index (χ1v) is 31.7. The van der Waals surface area contributed by atoms with Crippen molar-refractivity contribution in [2.45, 2.75) is 5.41 Å². The van der Waals surface area contributed by atoms with Crippen molar-refractivity contribution in [3.05, 3.63) is 359 Å². The third-order valence-corrected chi connectivity index (χ3v) is 19.5. The first kappa shape index (κ1) is 53.3. The summed E-state index contributed by atoms with van der Waals surface area (Å²) in [5, 5.41) is 4.60. The summed E-state index contributed by atoms with van der Waals surface area (Å²) < 4.78 is 19.1. The molecule has 1 aromatic heterocycles. The van der Waals surface area contributed by atoms with Gasteiger partial charge in [0, 0.05) is 57.2 Å². The van der Waals surface area contributed by atoms with Crippen molar-refractivity contribution in [3.63, 3.8) is 0 Å². The summed E-state index contributed by atoms with van der Waals surface area (Å²) in [4.78, 5) is 4.93. The van der Waals surface area contributed by atoms with Crippen molar-refractivity contribution in [2.24, 2.45) is 0 Å². The van der Waals surface area contributed by atoms with Crippen LogP contribution >= 0.6 is 33.9 Å². The lowest BCUT2D eigenvalue weighted by Crippen LogP contribution is -2.29. The largest absolute Gasteiger partial charge is 0.309 e. The van der Waals surface area contributed by atoms with Gasteiger partial charge in [0.25, 0.3) is 0 Å². The first-order valence-electron chi connectivity index (χ1n) is 29.8. The van der Waals surface area contributed by atoms with Gasteiger partial charge in [-0.25, -0.2) is 4.39 Å². The van der Waals surface area contributed by atoms with Crippen molar-refractivity contribution in [1.29, 1.82) is 0 Å². The van der Waals surface area contributed by atoms with E-state index in [4.69, 9.17) is 0 Å². The molecule has 0 unspecified atom stereocenters. The minimum absolute atomic E-state index is 0.293. The van der Waals surface area contributed by atoms with Gasteiger partial charge in [0.2, 0.25) is 0 Å². The standard InChI is InChI=1S/C83H54FIN2S/c84-63-41-45-65(46-42-63)86(74-49-39-59(55-23-7-1-8-24-55)51-70(74)57-27-11-3-12-28-57)76-53-72-79(68-36-20-19-35-67(68)76)81-73(83(72,61-31-15-5-16-32-61)62-33-17-6-18-34-62)54-77(80-69-37-21-22-38-78(69)88-82(80)81)87(66-47-43-64(85)44-48-66)75-50-40-60(56-25-9-2-10-26-56)52-71(75)58-29-13-4-14-30-58/h1-54H. The van der Waals surface area contributed by atoms with Crippen molar-refractivity contribution in [3.8, 4) is 55.6 Å². The molecule has 0 radical (unpaired) electrons. The Bertz CT molecular complexity index is 5040. The molecule has 0 bridgehead atoms. The van der Waals surface area contributed by atoms with Crippen LogP contribution in [0.4, 0.5) is 38.5 Å². The lowest BCUT2D eigenvalue weighted by molar-refractivity contribution is 0.628. The van der Waals surface area contributed by atoms with Crippen molar-refractivity contribution >= 4 is 99.0 Å².